The monoisotopic (exact) mass is 1830 g/mol. The van der Waals surface area contributed by atoms with Crippen LogP contribution >= 0.6 is 0 Å². The lowest BCUT2D eigenvalue weighted by molar-refractivity contribution is -0.660. The molecule has 0 amide bonds. The van der Waals surface area contributed by atoms with Crippen molar-refractivity contribution in [3.8, 4) is 89.5 Å². The van der Waals surface area contributed by atoms with Crippen molar-refractivity contribution in [2.75, 3.05) is 0 Å². The maximum atomic E-state index is 6.85. The molecule has 11 aromatic heterocycles. The second kappa shape index (κ2) is 32.4. The van der Waals surface area contributed by atoms with E-state index in [1.165, 1.54) is 204 Å². The molecule has 696 valence electrons. The van der Waals surface area contributed by atoms with Crippen molar-refractivity contribution in [1.29, 1.82) is 0 Å². The molecular formula is C128H129N7O4+4. The highest BCUT2D eigenvalue weighted by Crippen LogP contribution is 2.62. The highest BCUT2D eigenvalue weighted by Gasteiger charge is 2.51. The zero-order chi connectivity index (χ0) is 97.4. The molecule has 139 heavy (non-hydrogen) atoms. The van der Waals surface area contributed by atoms with Crippen LogP contribution in [0.5, 0.6) is 0 Å². The van der Waals surface area contributed by atoms with Crippen molar-refractivity contribution in [3.05, 3.63) is 337 Å². The standard InChI is InChI=1S/C37H43N2O.C31H29N2O.C31H30NO.C29H27N2O/c1-22-15-16-26-28-18-27-25-13-11-12-14-29(25)37(20-35(4,5)6,21-36(7,8)9)33(27)38-34(28)40-32(26)31(22)30-17-23(2)24(3)19-39(30)10;1-18-11-12-22-24-16-23-21-9-5-6-10-25(21)31(13-7-8-14-31)29(23)32-30(24)34-28(22)27(18)26-15-19(2)20(3)17-33(26)4;1-18(2)20-15-16-32(6)26(17-20)27-19(3)11-12-21-22-13-14-25-28(30(22)33-29(21)27)23-9-7-8-10-24(23)31(25,4)5;1-16-11-12-20-25-26-21(19-9-7-8-10-22(19)29(26,4)5)14-30-28(25)32-27(20)24(16)23-13-17(2)18(3)15-31(23)6/h11-19H,20-21H2,1-10H3;5-6,9-12,15-17H,7-8,13-14H2,1-4H3;7-18H,1-6H3;7-15H,1-6H3/q4*+1. The van der Waals surface area contributed by atoms with Crippen molar-refractivity contribution in [2.45, 2.75) is 218 Å². The van der Waals surface area contributed by atoms with Gasteiger partial charge in [-0.05, 0) is 224 Å². The Morgan fingerprint density at radius 2 is 0.712 bits per heavy atom. The molecule has 11 heterocycles. The number of pyridine rings is 7. The first-order valence-electron chi connectivity index (χ1n) is 50.1. The van der Waals surface area contributed by atoms with Gasteiger partial charge in [0.25, 0.3) is 0 Å². The average molecular weight is 1830 g/mol. The number of furan rings is 4. The maximum Gasteiger partial charge on any atom is 0.227 e. The van der Waals surface area contributed by atoms with E-state index in [1.54, 1.807) is 0 Å². The summed E-state index contributed by atoms with van der Waals surface area (Å²) >= 11 is 0. The molecule has 11 heteroatoms. The third-order valence-electron chi connectivity index (χ3n) is 32.2. The summed E-state index contributed by atoms with van der Waals surface area (Å²) < 4.78 is 35.7. The molecule has 0 aliphatic heterocycles. The Labute approximate surface area is 817 Å². The molecule has 0 N–H and O–H groups in total. The summed E-state index contributed by atoms with van der Waals surface area (Å²) in [7, 11) is 8.48. The van der Waals surface area contributed by atoms with Crippen LogP contribution in [-0.4, -0.2) is 15.0 Å². The van der Waals surface area contributed by atoms with E-state index in [0.29, 0.717) is 5.92 Å². The summed E-state index contributed by atoms with van der Waals surface area (Å²) in [5.74, 6) is 0.474. The van der Waals surface area contributed by atoms with Crippen LogP contribution in [0.2, 0.25) is 0 Å². The highest BCUT2D eigenvalue weighted by molar-refractivity contribution is 6.17. The molecule has 20 aromatic rings. The Morgan fingerprint density at radius 3 is 1.20 bits per heavy atom. The number of aryl methyl sites for hydroxylation is 14. The molecule has 11 nitrogen and oxygen atoms in total. The van der Waals surface area contributed by atoms with Crippen LogP contribution in [0.3, 0.4) is 0 Å². The minimum absolute atomic E-state index is 0.0319. The molecule has 0 radical (unpaired) electrons. The molecule has 1 saturated carbocycles. The highest BCUT2D eigenvalue weighted by atomic mass is 16.4. The first kappa shape index (κ1) is 90.4. The minimum atomic E-state index is -0.172. The van der Waals surface area contributed by atoms with Gasteiger partial charge in [-0.1, -0.05) is 254 Å². The number of rotatable bonds is 7. The van der Waals surface area contributed by atoms with Crippen molar-refractivity contribution in [3.63, 3.8) is 0 Å². The molecule has 25 rings (SSSR count). The SMILES string of the molecule is Cc1cc(-c2c(C)ccc3c2oc2nc4c(cc23)-c2ccccc2C4(CC(C)(C)C)CC(C)(C)C)[n+](C)cc1C.Cc1cc(-c2c(C)ccc3c2oc2nc4c(cc23)-c2ccccc2C42CCCC2)[n+](C)cc1C.Cc1cc(-c2c(C)ccc3c2oc2ncc4c(c23)C(C)(C)c2ccccc2-4)[n+](C)cc1C.Cc1ccc2c(oc3c4c(ccc32)C(C)(C)c2ccccc2-4)c1-c1cc(C(C)C)cc[n+]1C. The van der Waals surface area contributed by atoms with Gasteiger partial charge in [0, 0.05) is 135 Å². The van der Waals surface area contributed by atoms with Crippen LogP contribution in [-0.2, 0) is 49.9 Å². The van der Waals surface area contributed by atoms with Crippen LogP contribution in [0.4, 0.5) is 0 Å². The molecule has 0 saturated heterocycles. The number of aromatic nitrogens is 7. The van der Waals surface area contributed by atoms with Gasteiger partial charge in [0.05, 0.1) is 39.0 Å². The van der Waals surface area contributed by atoms with Gasteiger partial charge in [-0.3, -0.25) is 0 Å². The van der Waals surface area contributed by atoms with Crippen molar-refractivity contribution in [2.24, 2.45) is 39.0 Å². The van der Waals surface area contributed by atoms with E-state index in [0.717, 1.165) is 118 Å². The minimum Gasteiger partial charge on any atom is -0.454 e. The number of hydrogen-bond acceptors (Lipinski definition) is 7. The summed E-state index contributed by atoms with van der Waals surface area (Å²) in [5, 5.41) is 9.16. The van der Waals surface area contributed by atoms with Gasteiger partial charge in [-0.25, -0.2) is 33.2 Å². The second-order valence-corrected chi connectivity index (χ2v) is 45.3. The van der Waals surface area contributed by atoms with Crippen LogP contribution in [0.25, 0.3) is 178 Å². The Balaban J connectivity index is 0.000000107. The van der Waals surface area contributed by atoms with E-state index in [-0.39, 0.29) is 32.5 Å². The molecule has 0 unspecified atom stereocenters. The predicted octanol–water partition coefficient (Wildman–Crippen LogP) is 31.3. The maximum absolute atomic E-state index is 6.85. The van der Waals surface area contributed by atoms with Crippen molar-refractivity contribution >= 4 is 88.1 Å². The van der Waals surface area contributed by atoms with Crippen LogP contribution in [0.15, 0.2) is 249 Å². The molecule has 0 bridgehead atoms. The fraction of sp³-hybridized carbons (Fsp3) is 0.305. The van der Waals surface area contributed by atoms with E-state index in [2.05, 4.69) is 424 Å². The number of hydrogen-bond donors (Lipinski definition) is 0. The van der Waals surface area contributed by atoms with E-state index in [9.17, 15) is 0 Å². The first-order valence-corrected chi connectivity index (χ1v) is 50.1. The van der Waals surface area contributed by atoms with Gasteiger partial charge in [0.1, 0.15) is 39.4 Å². The molecular weight excluding hydrogens is 1700 g/mol. The lowest BCUT2D eigenvalue weighted by atomic mass is 9.63. The molecule has 1 fully saturated rings. The van der Waals surface area contributed by atoms with Gasteiger partial charge < -0.3 is 17.7 Å². The zero-order valence-corrected chi connectivity index (χ0v) is 86.0. The smallest absolute Gasteiger partial charge is 0.227 e. The van der Waals surface area contributed by atoms with Crippen molar-refractivity contribution < 1.29 is 35.9 Å². The molecule has 9 aromatic carbocycles. The Hall–Kier alpha value is -13.8. The van der Waals surface area contributed by atoms with E-state index < -0.39 is 0 Å². The molecule has 0 atom stereocenters. The van der Waals surface area contributed by atoms with E-state index in [4.69, 9.17) is 32.6 Å². The normalized spacial score (nSPS) is 14.8. The lowest BCUT2D eigenvalue weighted by Gasteiger charge is -2.41. The van der Waals surface area contributed by atoms with E-state index in [1.807, 2.05) is 6.20 Å². The van der Waals surface area contributed by atoms with Gasteiger partial charge in [-0.15, -0.1) is 0 Å². The quantitative estimate of drug-likeness (QED) is 0.146. The predicted molar refractivity (Wildman–Crippen MR) is 570 cm³/mol. The topological polar surface area (TPSA) is 107 Å². The summed E-state index contributed by atoms with van der Waals surface area (Å²) in [6, 6.07) is 73.9. The third kappa shape index (κ3) is 14.1. The summed E-state index contributed by atoms with van der Waals surface area (Å²) in [4.78, 5) is 15.6. The summed E-state index contributed by atoms with van der Waals surface area (Å²) in [5.41, 5.74) is 51.3. The van der Waals surface area contributed by atoms with Crippen LogP contribution in [0, 0.1) is 80.1 Å². The van der Waals surface area contributed by atoms with Crippen LogP contribution in [0.1, 0.15) is 233 Å². The Bertz CT molecular complexity index is 8610. The van der Waals surface area contributed by atoms with Gasteiger partial charge in [0.15, 0.2) is 41.5 Å². The summed E-state index contributed by atoms with van der Waals surface area (Å²) in [6.07, 6.45) is 17.7. The van der Waals surface area contributed by atoms with Gasteiger partial charge in [-0.2, -0.15) is 0 Å². The number of benzene rings is 9. The fourth-order valence-corrected chi connectivity index (χ4v) is 25.3. The second-order valence-electron chi connectivity index (χ2n) is 45.3. The third-order valence-corrected chi connectivity index (χ3v) is 32.2. The average Bonchev–Trinajstić information content (AvgIpc) is 1.56. The molecule has 5 aliphatic rings. The largest absolute Gasteiger partial charge is 0.454 e. The van der Waals surface area contributed by atoms with Crippen LogP contribution < -0.4 is 18.3 Å². The molecule has 1 spiro atoms. The number of nitrogens with zero attached hydrogens (tertiary/aromatic N) is 7. The lowest BCUT2D eigenvalue weighted by Crippen LogP contribution is -2.35. The molecule has 5 aliphatic carbocycles. The number of fused-ring (bicyclic) bond motifs is 28. The Morgan fingerprint density at radius 1 is 0.331 bits per heavy atom. The van der Waals surface area contributed by atoms with Gasteiger partial charge in [0.2, 0.25) is 39.9 Å². The van der Waals surface area contributed by atoms with Gasteiger partial charge >= 0.3 is 0 Å². The fourth-order valence-electron chi connectivity index (χ4n) is 25.3. The van der Waals surface area contributed by atoms with E-state index >= 15 is 0 Å². The summed E-state index contributed by atoms with van der Waals surface area (Å²) in [6.45, 7) is 49.6. The Kier molecular flexibility index (Phi) is 21.1. The first-order chi connectivity index (χ1) is 66.2. The zero-order valence-electron chi connectivity index (χ0n) is 86.0. The van der Waals surface area contributed by atoms with Crippen molar-refractivity contribution in [1.82, 2.24) is 15.0 Å².